The van der Waals surface area contributed by atoms with Crippen LogP contribution in [-0.2, 0) is 23.4 Å². The largest absolute Gasteiger partial charge is 0.363 e. The van der Waals surface area contributed by atoms with E-state index in [1.807, 2.05) is 20.9 Å². The molecule has 7 nitrogen and oxygen atoms in total. The lowest BCUT2D eigenvalue weighted by Gasteiger charge is -2.06. The number of fused-ring (bicyclic) bond motifs is 3. The number of rotatable bonds is 4. The highest BCUT2D eigenvalue weighted by Crippen LogP contribution is 2.38. The van der Waals surface area contributed by atoms with E-state index in [9.17, 15) is 12.8 Å². The minimum atomic E-state index is -3.59. The van der Waals surface area contributed by atoms with Crippen molar-refractivity contribution in [2.24, 2.45) is 7.05 Å². The van der Waals surface area contributed by atoms with Crippen LogP contribution in [0.25, 0.3) is 20.4 Å². The standard InChI is InChI=1S/C18H18FN5O2S2/c1-9-10(2)21-22-18-14(9)15-16(27-18)17(23-24(15)3)20-8-11-5-6-13(12(19)7-11)28(4,25)26/h5-7H,8H2,1-4H3,(H,20,23). The third-order valence-electron chi connectivity index (χ3n) is 4.72. The number of aromatic nitrogens is 4. The summed E-state index contributed by atoms with van der Waals surface area (Å²) in [6.45, 7) is 4.26. The first-order valence-corrected chi connectivity index (χ1v) is 11.2. The van der Waals surface area contributed by atoms with Crippen LogP contribution < -0.4 is 5.32 Å². The molecular formula is C18H18FN5O2S2. The molecule has 0 amide bonds. The number of hydrogen-bond acceptors (Lipinski definition) is 7. The Bertz CT molecular complexity index is 1340. The molecule has 3 heterocycles. The summed E-state index contributed by atoms with van der Waals surface area (Å²) < 4.78 is 40.0. The van der Waals surface area contributed by atoms with Crippen molar-refractivity contribution >= 4 is 47.4 Å². The van der Waals surface area contributed by atoms with E-state index in [1.54, 1.807) is 10.7 Å². The minimum Gasteiger partial charge on any atom is -0.363 e. The summed E-state index contributed by atoms with van der Waals surface area (Å²) in [5.74, 6) is -0.0821. The minimum absolute atomic E-state index is 0.301. The molecule has 0 aliphatic carbocycles. The first kappa shape index (κ1) is 18.8. The normalized spacial score (nSPS) is 12.2. The summed E-state index contributed by atoms with van der Waals surface area (Å²) in [5.41, 5.74) is 3.56. The fourth-order valence-electron chi connectivity index (χ4n) is 3.17. The SMILES string of the molecule is Cc1nnc2sc3c(NCc4ccc(S(C)(=O)=O)c(F)c4)nn(C)c3c2c1C. The second-order valence-electron chi connectivity index (χ2n) is 6.73. The van der Waals surface area contributed by atoms with Crippen molar-refractivity contribution < 1.29 is 12.8 Å². The predicted molar refractivity (Wildman–Crippen MR) is 108 cm³/mol. The highest BCUT2D eigenvalue weighted by atomic mass is 32.2. The molecule has 0 spiro atoms. The number of sulfone groups is 1. The van der Waals surface area contributed by atoms with Crippen LogP contribution in [0.15, 0.2) is 23.1 Å². The van der Waals surface area contributed by atoms with Crippen molar-refractivity contribution in [2.75, 3.05) is 11.6 Å². The van der Waals surface area contributed by atoms with Crippen LogP contribution in [0.3, 0.4) is 0 Å². The first-order chi connectivity index (χ1) is 13.2. The van der Waals surface area contributed by atoms with E-state index in [-0.39, 0.29) is 4.90 Å². The van der Waals surface area contributed by atoms with E-state index in [0.29, 0.717) is 17.9 Å². The van der Waals surface area contributed by atoms with Gasteiger partial charge in [-0.05, 0) is 37.1 Å². The molecule has 0 saturated carbocycles. The van der Waals surface area contributed by atoms with Gasteiger partial charge in [0.2, 0.25) is 0 Å². The van der Waals surface area contributed by atoms with Gasteiger partial charge in [-0.2, -0.15) is 10.2 Å². The van der Waals surface area contributed by atoms with E-state index in [0.717, 1.165) is 37.9 Å². The van der Waals surface area contributed by atoms with Crippen LogP contribution in [0.5, 0.6) is 0 Å². The van der Waals surface area contributed by atoms with Gasteiger partial charge in [0.15, 0.2) is 15.7 Å². The molecule has 0 fully saturated rings. The van der Waals surface area contributed by atoms with Gasteiger partial charge in [0.05, 0.1) is 15.9 Å². The Morgan fingerprint density at radius 3 is 2.68 bits per heavy atom. The topological polar surface area (TPSA) is 89.8 Å². The van der Waals surface area contributed by atoms with Gasteiger partial charge in [0.1, 0.15) is 15.5 Å². The Balaban J connectivity index is 1.70. The van der Waals surface area contributed by atoms with Crippen molar-refractivity contribution in [3.63, 3.8) is 0 Å². The fraction of sp³-hybridized carbons (Fsp3) is 0.278. The van der Waals surface area contributed by atoms with Crippen molar-refractivity contribution in [3.8, 4) is 0 Å². The van der Waals surface area contributed by atoms with Crippen molar-refractivity contribution in [3.05, 3.63) is 40.8 Å². The number of aryl methyl sites for hydroxylation is 3. The van der Waals surface area contributed by atoms with E-state index < -0.39 is 15.7 Å². The maximum Gasteiger partial charge on any atom is 0.178 e. The molecule has 0 aliphatic rings. The Labute approximate surface area is 165 Å². The Morgan fingerprint density at radius 1 is 1.25 bits per heavy atom. The maximum absolute atomic E-state index is 14.1. The summed E-state index contributed by atoms with van der Waals surface area (Å²) in [7, 11) is -1.72. The average molecular weight is 420 g/mol. The van der Waals surface area contributed by atoms with Gasteiger partial charge < -0.3 is 5.32 Å². The molecule has 1 N–H and O–H groups in total. The highest BCUT2D eigenvalue weighted by molar-refractivity contribution is 7.90. The highest BCUT2D eigenvalue weighted by Gasteiger charge is 2.19. The lowest BCUT2D eigenvalue weighted by atomic mass is 10.1. The number of hydrogen-bond donors (Lipinski definition) is 1. The summed E-state index contributed by atoms with van der Waals surface area (Å²) in [5, 5.41) is 17.3. The Kier molecular flexibility index (Phi) is 4.35. The van der Waals surface area contributed by atoms with E-state index in [4.69, 9.17) is 0 Å². The molecule has 1 aromatic carbocycles. The summed E-state index contributed by atoms with van der Waals surface area (Å²) in [6.07, 6.45) is 0.988. The van der Waals surface area contributed by atoms with Crippen molar-refractivity contribution in [2.45, 2.75) is 25.3 Å². The molecule has 4 aromatic rings. The van der Waals surface area contributed by atoms with E-state index >= 15 is 0 Å². The molecule has 28 heavy (non-hydrogen) atoms. The predicted octanol–water partition coefficient (Wildman–Crippen LogP) is 3.35. The number of halogens is 1. The molecule has 0 bridgehead atoms. The average Bonchev–Trinajstić information content (AvgIpc) is 3.13. The lowest BCUT2D eigenvalue weighted by Crippen LogP contribution is -2.05. The van der Waals surface area contributed by atoms with Gasteiger partial charge in [-0.25, -0.2) is 12.8 Å². The van der Waals surface area contributed by atoms with Gasteiger partial charge in [0.25, 0.3) is 0 Å². The second-order valence-corrected chi connectivity index (χ2v) is 9.72. The van der Waals surface area contributed by atoms with Crippen molar-refractivity contribution in [1.29, 1.82) is 0 Å². The Morgan fingerprint density at radius 2 is 2.00 bits per heavy atom. The van der Waals surface area contributed by atoms with E-state index in [2.05, 4.69) is 20.6 Å². The van der Waals surface area contributed by atoms with Gasteiger partial charge in [0, 0.05) is 25.2 Å². The quantitative estimate of drug-likeness (QED) is 0.546. The summed E-state index contributed by atoms with van der Waals surface area (Å²) in [4.78, 5) is 0.545. The molecule has 0 aliphatic heterocycles. The number of thiophene rings is 1. The molecule has 0 saturated heterocycles. The smallest absolute Gasteiger partial charge is 0.178 e. The van der Waals surface area contributed by atoms with Crippen LogP contribution in [0.4, 0.5) is 10.2 Å². The van der Waals surface area contributed by atoms with Crippen LogP contribution in [-0.4, -0.2) is 34.7 Å². The monoisotopic (exact) mass is 419 g/mol. The molecule has 0 radical (unpaired) electrons. The zero-order valence-corrected chi connectivity index (χ0v) is 17.4. The van der Waals surface area contributed by atoms with Crippen LogP contribution in [0.1, 0.15) is 16.8 Å². The second kappa shape index (κ2) is 6.49. The van der Waals surface area contributed by atoms with Gasteiger partial charge in [-0.1, -0.05) is 6.07 Å². The fourth-order valence-corrected chi connectivity index (χ4v) is 5.06. The van der Waals surface area contributed by atoms with Crippen molar-refractivity contribution in [1.82, 2.24) is 20.0 Å². The van der Waals surface area contributed by atoms with Crippen LogP contribution >= 0.6 is 11.3 Å². The molecule has 10 heteroatoms. The van der Waals surface area contributed by atoms with Crippen LogP contribution in [0.2, 0.25) is 0 Å². The number of benzene rings is 1. The van der Waals surface area contributed by atoms with Gasteiger partial charge in [-0.3, -0.25) is 4.68 Å². The molecule has 3 aromatic heterocycles. The number of anilines is 1. The van der Waals surface area contributed by atoms with Crippen LogP contribution in [0, 0.1) is 19.7 Å². The van der Waals surface area contributed by atoms with Gasteiger partial charge >= 0.3 is 0 Å². The zero-order valence-electron chi connectivity index (χ0n) is 15.7. The summed E-state index contributed by atoms with van der Waals surface area (Å²) in [6, 6.07) is 4.11. The molecule has 146 valence electrons. The van der Waals surface area contributed by atoms with E-state index in [1.165, 1.54) is 23.5 Å². The number of nitrogens with zero attached hydrogens (tertiary/aromatic N) is 4. The molecular weight excluding hydrogens is 401 g/mol. The lowest BCUT2D eigenvalue weighted by molar-refractivity contribution is 0.569. The van der Waals surface area contributed by atoms with Gasteiger partial charge in [-0.15, -0.1) is 16.4 Å². The third-order valence-corrected chi connectivity index (χ3v) is 6.92. The summed E-state index contributed by atoms with van der Waals surface area (Å²) >= 11 is 1.50. The number of nitrogens with one attached hydrogen (secondary N) is 1. The molecule has 4 rings (SSSR count). The molecule has 0 unspecified atom stereocenters. The first-order valence-electron chi connectivity index (χ1n) is 8.48. The molecule has 0 atom stereocenters. The Hall–Kier alpha value is -2.59. The zero-order chi connectivity index (χ0) is 20.2. The third kappa shape index (κ3) is 3.02. The maximum atomic E-state index is 14.1.